The molecule has 0 amide bonds. The first-order valence-corrected chi connectivity index (χ1v) is 12.6. The molecule has 7 nitrogen and oxygen atoms in total. The molecule has 1 unspecified atom stereocenters. The van der Waals surface area contributed by atoms with E-state index in [1.54, 1.807) is 0 Å². The number of rotatable bonds is 8. The lowest BCUT2D eigenvalue weighted by Crippen LogP contribution is -2.38. The van der Waals surface area contributed by atoms with E-state index in [2.05, 4.69) is 47.5 Å². The van der Waals surface area contributed by atoms with Crippen molar-refractivity contribution in [2.75, 3.05) is 52.6 Å². The lowest BCUT2D eigenvalue weighted by atomic mass is 9.85. The van der Waals surface area contributed by atoms with Gasteiger partial charge in [-0.1, -0.05) is 42.5 Å². The van der Waals surface area contributed by atoms with Crippen molar-refractivity contribution in [2.24, 2.45) is 0 Å². The van der Waals surface area contributed by atoms with Gasteiger partial charge in [-0.3, -0.25) is 4.90 Å². The highest BCUT2D eigenvalue weighted by molar-refractivity contribution is 5.89. The van der Waals surface area contributed by atoms with E-state index < -0.39 is 0 Å². The first kappa shape index (κ1) is 23.2. The molecule has 3 bridgehead atoms. The summed E-state index contributed by atoms with van der Waals surface area (Å²) >= 11 is 0. The average Bonchev–Trinajstić information content (AvgIpc) is 3.35. The average molecular weight is 486 g/mol. The van der Waals surface area contributed by atoms with Gasteiger partial charge in [0, 0.05) is 37.8 Å². The van der Waals surface area contributed by atoms with E-state index in [1.807, 2.05) is 24.3 Å². The quantitative estimate of drug-likeness (QED) is 0.388. The van der Waals surface area contributed by atoms with Gasteiger partial charge in [-0.25, -0.2) is 4.98 Å². The number of aliphatic hydroxyl groups is 1. The Morgan fingerprint density at radius 2 is 1.94 bits per heavy atom. The summed E-state index contributed by atoms with van der Waals surface area (Å²) in [4.78, 5) is 7.26. The molecule has 2 N–H and O–H groups in total. The number of aromatic nitrogens is 1. The molecule has 1 aromatic heterocycles. The summed E-state index contributed by atoms with van der Waals surface area (Å²) < 4.78 is 18.2. The maximum atomic E-state index is 9.71. The Bertz CT molecular complexity index is 1360. The van der Waals surface area contributed by atoms with Crippen LogP contribution in [0, 0.1) is 6.92 Å². The third-order valence-electron chi connectivity index (χ3n) is 7.11. The van der Waals surface area contributed by atoms with E-state index in [1.165, 1.54) is 0 Å². The lowest BCUT2D eigenvalue weighted by molar-refractivity contribution is 0.0322. The molecule has 4 aromatic rings. The molecule has 3 heterocycles. The fraction of sp³-hybridized carbons (Fsp3) is 0.345. The Labute approximate surface area is 210 Å². The largest absolute Gasteiger partial charge is 0.492 e. The molecule has 1 fully saturated rings. The smallest absolute Gasteiger partial charge is 0.228 e. The summed E-state index contributed by atoms with van der Waals surface area (Å²) in [5.74, 6) is 1.39. The van der Waals surface area contributed by atoms with Gasteiger partial charge < -0.3 is 24.3 Å². The molecule has 0 spiro atoms. The number of hydrogen-bond acceptors (Lipinski definition) is 7. The predicted molar refractivity (Wildman–Crippen MR) is 139 cm³/mol. The van der Waals surface area contributed by atoms with Crippen LogP contribution in [0.2, 0.25) is 0 Å². The molecule has 3 aromatic carbocycles. The Hall–Kier alpha value is -3.23. The van der Waals surface area contributed by atoms with E-state index >= 15 is 0 Å². The SMILES string of the molecule is Cc1ccc(-c2ccccc2)c2c1C(NCCO)c1cc3nc-2oc3cc1OCCN1CCOCC1. The fourth-order valence-electron chi connectivity index (χ4n) is 5.30. The summed E-state index contributed by atoms with van der Waals surface area (Å²) in [6.07, 6.45) is 0. The van der Waals surface area contributed by atoms with Gasteiger partial charge in [-0.05, 0) is 35.2 Å². The van der Waals surface area contributed by atoms with Crippen LogP contribution < -0.4 is 10.1 Å². The van der Waals surface area contributed by atoms with Crippen molar-refractivity contribution in [1.82, 2.24) is 15.2 Å². The molecular weight excluding hydrogens is 454 g/mol. The van der Waals surface area contributed by atoms with Crippen molar-refractivity contribution in [2.45, 2.75) is 13.0 Å². The first-order valence-electron chi connectivity index (χ1n) is 12.6. The van der Waals surface area contributed by atoms with E-state index in [9.17, 15) is 5.11 Å². The molecule has 1 saturated heterocycles. The summed E-state index contributed by atoms with van der Waals surface area (Å²) in [5.41, 5.74) is 7.92. The lowest BCUT2D eigenvalue weighted by Gasteiger charge is -2.28. The fourth-order valence-corrected chi connectivity index (χ4v) is 5.30. The second kappa shape index (κ2) is 10.0. The predicted octanol–water partition coefficient (Wildman–Crippen LogP) is 4.17. The highest BCUT2D eigenvalue weighted by Crippen LogP contribution is 2.46. The van der Waals surface area contributed by atoms with Crippen LogP contribution in [0.3, 0.4) is 0 Å². The van der Waals surface area contributed by atoms with Crippen LogP contribution in [0.1, 0.15) is 22.7 Å². The number of aryl methyl sites for hydroxylation is 1. The van der Waals surface area contributed by atoms with Crippen molar-refractivity contribution < 1.29 is 19.0 Å². The number of morpholine rings is 1. The topological polar surface area (TPSA) is 80.0 Å². The maximum Gasteiger partial charge on any atom is 0.228 e. The van der Waals surface area contributed by atoms with E-state index in [4.69, 9.17) is 18.9 Å². The number of benzene rings is 3. The molecule has 0 aliphatic carbocycles. The van der Waals surface area contributed by atoms with Crippen LogP contribution >= 0.6 is 0 Å². The van der Waals surface area contributed by atoms with Gasteiger partial charge in [0.1, 0.15) is 17.9 Å². The highest BCUT2D eigenvalue weighted by Gasteiger charge is 2.31. The van der Waals surface area contributed by atoms with Crippen LogP contribution in [0.5, 0.6) is 5.75 Å². The van der Waals surface area contributed by atoms with Crippen LogP contribution in [-0.2, 0) is 4.74 Å². The summed E-state index contributed by atoms with van der Waals surface area (Å²) in [7, 11) is 0. The van der Waals surface area contributed by atoms with Gasteiger partial charge in [0.25, 0.3) is 0 Å². The van der Waals surface area contributed by atoms with Gasteiger partial charge >= 0.3 is 0 Å². The molecule has 0 saturated carbocycles. The number of hydrogen-bond donors (Lipinski definition) is 2. The zero-order chi connectivity index (χ0) is 24.5. The van der Waals surface area contributed by atoms with Crippen LogP contribution in [0.15, 0.2) is 59.0 Å². The molecule has 0 radical (unpaired) electrons. The molecule has 6 rings (SSSR count). The number of nitrogens with one attached hydrogen (secondary N) is 1. The van der Waals surface area contributed by atoms with Gasteiger partial charge in [0.05, 0.1) is 31.4 Å². The Kier molecular flexibility index (Phi) is 6.46. The molecular formula is C29H31N3O4. The number of nitrogens with zero attached hydrogens (tertiary/aromatic N) is 2. The highest BCUT2D eigenvalue weighted by atomic mass is 16.5. The van der Waals surface area contributed by atoms with Gasteiger partial charge in [0.2, 0.25) is 5.89 Å². The van der Waals surface area contributed by atoms with Crippen molar-refractivity contribution in [3.8, 4) is 28.3 Å². The number of fused-ring (bicyclic) bond motifs is 4. The van der Waals surface area contributed by atoms with Crippen molar-refractivity contribution >= 4 is 11.1 Å². The monoisotopic (exact) mass is 485 g/mol. The van der Waals surface area contributed by atoms with Crippen molar-refractivity contribution in [3.05, 3.63) is 71.3 Å². The maximum absolute atomic E-state index is 9.71. The number of ether oxygens (including phenoxy) is 2. The first-order chi connectivity index (χ1) is 17.7. The molecule has 1 atom stereocenters. The minimum Gasteiger partial charge on any atom is -0.492 e. The van der Waals surface area contributed by atoms with E-state index in [0.717, 1.165) is 77.5 Å². The second-order valence-electron chi connectivity index (χ2n) is 9.37. The molecule has 2 aliphatic heterocycles. The Morgan fingerprint density at radius 3 is 2.75 bits per heavy atom. The van der Waals surface area contributed by atoms with Gasteiger partial charge in [-0.2, -0.15) is 0 Å². The molecule has 7 heteroatoms. The number of oxazole rings is 1. The molecule has 186 valence electrons. The third kappa shape index (κ3) is 4.29. The van der Waals surface area contributed by atoms with Crippen molar-refractivity contribution in [1.29, 1.82) is 0 Å². The minimum absolute atomic E-state index is 0.0405. The Morgan fingerprint density at radius 1 is 1.11 bits per heavy atom. The standard InChI is InChI=1S/C29H31N3O4/c1-19-7-8-21(20-5-3-2-4-6-20)27-26(19)28(30-9-13-33)22-17-23-25(36-29(27)31-23)18-24(22)35-16-12-32-10-14-34-15-11-32/h2-8,17-18,28,30,33H,9-16H2,1H3. The van der Waals surface area contributed by atoms with Crippen LogP contribution in [0.4, 0.5) is 0 Å². The summed E-state index contributed by atoms with van der Waals surface area (Å²) in [6.45, 7) is 7.41. The zero-order valence-corrected chi connectivity index (χ0v) is 20.5. The summed E-state index contributed by atoms with van der Waals surface area (Å²) in [5, 5.41) is 13.3. The second-order valence-corrected chi connectivity index (χ2v) is 9.37. The number of aliphatic hydroxyl groups excluding tert-OH is 1. The van der Waals surface area contributed by atoms with E-state index in [-0.39, 0.29) is 12.6 Å². The Balaban J connectivity index is 1.46. The van der Waals surface area contributed by atoms with Crippen LogP contribution in [-0.4, -0.2) is 67.6 Å². The van der Waals surface area contributed by atoms with Crippen molar-refractivity contribution in [3.63, 3.8) is 0 Å². The van der Waals surface area contributed by atoms with Crippen LogP contribution in [0.25, 0.3) is 33.7 Å². The van der Waals surface area contributed by atoms with Gasteiger partial charge in [-0.15, -0.1) is 0 Å². The molecule has 2 aliphatic rings. The zero-order valence-electron chi connectivity index (χ0n) is 20.5. The van der Waals surface area contributed by atoms with Gasteiger partial charge in [0.15, 0.2) is 5.58 Å². The van der Waals surface area contributed by atoms with E-state index in [0.29, 0.717) is 24.6 Å². The summed E-state index contributed by atoms with van der Waals surface area (Å²) in [6, 6.07) is 18.5. The normalized spacial score (nSPS) is 17.3. The third-order valence-corrected chi connectivity index (χ3v) is 7.11. The molecule has 36 heavy (non-hydrogen) atoms. The minimum atomic E-state index is -0.186.